The van der Waals surface area contributed by atoms with Crippen LogP contribution in [0.5, 0.6) is 0 Å². The van der Waals surface area contributed by atoms with Gasteiger partial charge in [0.1, 0.15) is 0 Å². The lowest BCUT2D eigenvalue weighted by molar-refractivity contribution is -0.185. The Labute approximate surface area is 90.7 Å². The van der Waals surface area contributed by atoms with Crippen molar-refractivity contribution < 1.29 is 19.1 Å². The Hall–Kier alpha value is -1.55. The zero-order valence-corrected chi connectivity index (χ0v) is 8.36. The zero-order chi connectivity index (χ0) is 10.8. The van der Waals surface area contributed by atoms with Crippen LogP contribution in [0.4, 0.5) is 0 Å². The highest BCUT2D eigenvalue weighted by Crippen LogP contribution is 2.23. The van der Waals surface area contributed by atoms with Crippen LogP contribution in [-0.4, -0.2) is 18.5 Å². The second kappa shape index (κ2) is 3.90. The first-order valence-electron chi connectivity index (χ1n) is 4.28. The summed E-state index contributed by atoms with van der Waals surface area (Å²) in [6.45, 7) is -0.317. The molecule has 1 heterocycles. The van der Waals surface area contributed by atoms with Gasteiger partial charge in [-0.25, -0.2) is 9.59 Å². The number of esters is 2. The van der Waals surface area contributed by atoms with E-state index < -0.39 is 18.0 Å². The number of rotatable bonds is 1. The third-order valence-corrected chi connectivity index (χ3v) is 2.22. The second-order valence-electron chi connectivity index (χ2n) is 3.03. The third-order valence-electron chi connectivity index (χ3n) is 1.97. The van der Waals surface area contributed by atoms with Gasteiger partial charge in [0.2, 0.25) is 6.10 Å². The van der Waals surface area contributed by atoms with Gasteiger partial charge in [0.25, 0.3) is 0 Å². The SMILES string of the molecule is O=C1COC(=O)C(c2ccc(Cl)cc2)O1. The molecule has 5 heteroatoms. The van der Waals surface area contributed by atoms with Crippen molar-refractivity contribution in [1.29, 1.82) is 0 Å². The highest BCUT2D eigenvalue weighted by molar-refractivity contribution is 6.30. The first kappa shape index (κ1) is 9.98. The average Bonchev–Trinajstić information content (AvgIpc) is 2.23. The Kier molecular flexibility index (Phi) is 2.60. The molecule has 1 unspecified atom stereocenters. The van der Waals surface area contributed by atoms with Crippen LogP contribution in [0.2, 0.25) is 5.02 Å². The molecule has 78 valence electrons. The molecule has 0 bridgehead atoms. The number of carbonyl (C=O) groups excluding carboxylic acids is 2. The van der Waals surface area contributed by atoms with Gasteiger partial charge in [-0.1, -0.05) is 23.7 Å². The maximum Gasteiger partial charge on any atom is 0.352 e. The molecule has 15 heavy (non-hydrogen) atoms. The fourth-order valence-corrected chi connectivity index (χ4v) is 1.39. The summed E-state index contributed by atoms with van der Waals surface area (Å²) >= 11 is 5.69. The molecule has 0 aliphatic carbocycles. The van der Waals surface area contributed by atoms with Gasteiger partial charge in [0.05, 0.1) is 0 Å². The predicted octanol–water partition coefficient (Wildman–Crippen LogP) is 1.48. The van der Waals surface area contributed by atoms with Crippen molar-refractivity contribution in [2.45, 2.75) is 6.10 Å². The van der Waals surface area contributed by atoms with Crippen molar-refractivity contribution in [3.05, 3.63) is 34.9 Å². The van der Waals surface area contributed by atoms with Crippen LogP contribution in [0.25, 0.3) is 0 Å². The summed E-state index contributed by atoms with van der Waals surface area (Å²) < 4.78 is 9.51. The summed E-state index contributed by atoms with van der Waals surface area (Å²) in [6, 6.07) is 6.47. The van der Waals surface area contributed by atoms with Crippen LogP contribution in [-0.2, 0) is 19.1 Å². The Morgan fingerprint density at radius 2 is 1.87 bits per heavy atom. The Morgan fingerprint density at radius 1 is 1.20 bits per heavy atom. The van der Waals surface area contributed by atoms with Crippen molar-refractivity contribution in [3.63, 3.8) is 0 Å². The van der Waals surface area contributed by atoms with Gasteiger partial charge in [-0.2, -0.15) is 0 Å². The minimum atomic E-state index is -0.969. The molecule has 1 aliphatic heterocycles. The van der Waals surface area contributed by atoms with E-state index in [0.29, 0.717) is 10.6 Å². The Bertz CT molecular complexity index is 398. The third kappa shape index (κ3) is 2.10. The molecule has 0 spiro atoms. The predicted molar refractivity (Wildman–Crippen MR) is 51.2 cm³/mol. The maximum absolute atomic E-state index is 11.3. The zero-order valence-electron chi connectivity index (χ0n) is 7.60. The first-order valence-corrected chi connectivity index (χ1v) is 4.66. The topological polar surface area (TPSA) is 52.6 Å². The number of cyclic esters (lactones) is 2. The number of carbonyl (C=O) groups is 2. The molecule has 0 aromatic heterocycles. The molecular weight excluding hydrogens is 220 g/mol. The lowest BCUT2D eigenvalue weighted by Crippen LogP contribution is -2.31. The molecule has 1 aromatic rings. The highest BCUT2D eigenvalue weighted by Gasteiger charge is 2.31. The number of halogens is 1. The summed E-state index contributed by atoms with van der Waals surface area (Å²) in [7, 11) is 0. The van der Waals surface area contributed by atoms with E-state index in [1.54, 1.807) is 24.3 Å². The molecule has 2 rings (SSSR count). The largest absolute Gasteiger partial charge is 0.451 e. The van der Waals surface area contributed by atoms with Gasteiger partial charge in [0, 0.05) is 10.6 Å². The van der Waals surface area contributed by atoms with Crippen LogP contribution in [0, 0.1) is 0 Å². The van der Waals surface area contributed by atoms with E-state index in [9.17, 15) is 9.59 Å². The number of hydrogen-bond donors (Lipinski definition) is 0. The summed E-state index contributed by atoms with van der Waals surface area (Å²) in [4.78, 5) is 22.2. The smallest absolute Gasteiger partial charge is 0.352 e. The average molecular weight is 227 g/mol. The van der Waals surface area contributed by atoms with Gasteiger partial charge < -0.3 is 9.47 Å². The van der Waals surface area contributed by atoms with Crippen LogP contribution in [0.3, 0.4) is 0 Å². The fraction of sp³-hybridized carbons (Fsp3) is 0.200. The van der Waals surface area contributed by atoms with Crippen LogP contribution < -0.4 is 0 Å². The Morgan fingerprint density at radius 3 is 2.53 bits per heavy atom. The molecular formula is C10H7ClO4. The van der Waals surface area contributed by atoms with Gasteiger partial charge in [0.15, 0.2) is 6.61 Å². The molecule has 4 nitrogen and oxygen atoms in total. The summed E-state index contributed by atoms with van der Waals surface area (Å²) in [6.07, 6.45) is -0.969. The quantitative estimate of drug-likeness (QED) is 0.681. The van der Waals surface area contributed by atoms with Crippen molar-refractivity contribution in [3.8, 4) is 0 Å². The lowest BCUT2D eigenvalue weighted by Gasteiger charge is -2.21. The minimum absolute atomic E-state index is 0.317. The lowest BCUT2D eigenvalue weighted by atomic mass is 10.1. The van der Waals surface area contributed by atoms with Gasteiger partial charge in [-0.3, -0.25) is 0 Å². The number of hydrogen-bond acceptors (Lipinski definition) is 4. The normalized spacial score (nSPS) is 20.7. The van der Waals surface area contributed by atoms with Crippen molar-refractivity contribution in [1.82, 2.24) is 0 Å². The molecule has 0 N–H and O–H groups in total. The van der Waals surface area contributed by atoms with E-state index in [1.807, 2.05) is 0 Å². The highest BCUT2D eigenvalue weighted by atomic mass is 35.5. The van der Waals surface area contributed by atoms with Gasteiger partial charge in [-0.05, 0) is 12.1 Å². The van der Waals surface area contributed by atoms with Gasteiger partial charge in [-0.15, -0.1) is 0 Å². The van der Waals surface area contributed by atoms with Crippen LogP contribution in [0.15, 0.2) is 24.3 Å². The Balaban J connectivity index is 2.25. The molecule has 0 amide bonds. The molecule has 1 saturated heterocycles. The van der Waals surface area contributed by atoms with Crippen LogP contribution in [0.1, 0.15) is 11.7 Å². The van der Waals surface area contributed by atoms with E-state index in [0.717, 1.165) is 0 Å². The molecule has 1 fully saturated rings. The van der Waals surface area contributed by atoms with Gasteiger partial charge >= 0.3 is 11.9 Å². The minimum Gasteiger partial charge on any atom is -0.451 e. The molecule has 0 radical (unpaired) electrons. The molecule has 1 aliphatic rings. The summed E-state index contributed by atoms with van der Waals surface area (Å²) in [5.41, 5.74) is 0.553. The van der Waals surface area contributed by atoms with E-state index in [-0.39, 0.29) is 6.61 Å². The molecule has 1 aromatic carbocycles. The molecule has 1 atom stereocenters. The van der Waals surface area contributed by atoms with Crippen molar-refractivity contribution >= 4 is 23.5 Å². The summed E-state index contributed by atoms with van der Waals surface area (Å²) in [5.74, 6) is -1.11. The van der Waals surface area contributed by atoms with E-state index >= 15 is 0 Å². The number of benzene rings is 1. The standard InChI is InChI=1S/C10H7ClO4/c11-7-3-1-6(2-4-7)9-10(13)14-5-8(12)15-9/h1-4,9H,5H2. The first-order chi connectivity index (χ1) is 7.16. The molecule has 0 saturated carbocycles. The maximum atomic E-state index is 11.3. The van der Waals surface area contributed by atoms with Crippen molar-refractivity contribution in [2.75, 3.05) is 6.61 Å². The van der Waals surface area contributed by atoms with E-state index in [4.69, 9.17) is 16.3 Å². The van der Waals surface area contributed by atoms with E-state index in [2.05, 4.69) is 4.74 Å². The van der Waals surface area contributed by atoms with Crippen LogP contribution >= 0.6 is 11.6 Å². The fourth-order valence-electron chi connectivity index (χ4n) is 1.26. The van der Waals surface area contributed by atoms with E-state index in [1.165, 1.54) is 0 Å². The second-order valence-corrected chi connectivity index (χ2v) is 3.47. The summed E-state index contributed by atoms with van der Waals surface area (Å²) in [5, 5.41) is 0.550. The monoisotopic (exact) mass is 226 g/mol. The number of ether oxygens (including phenoxy) is 2. The van der Waals surface area contributed by atoms with Crippen molar-refractivity contribution in [2.24, 2.45) is 0 Å².